The van der Waals surface area contributed by atoms with Gasteiger partial charge in [0.1, 0.15) is 5.82 Å². The lowest BCUT2D eigenvalue weighted by molar-refractivity contribution is -0.150. The van der Waals surface area contributed by atoms with Gasteiger partial charge in [-0.05, 0) is 17.7 Å². The third kappa shape index (κ3) is 2.81. The molecule has 0 bridgehead atoms. The molecular weight excluding hydrogens is 187 g/mol. The molecule has 0 amide bonds. The lowest BCUT2D eigenvalue weighted by Gasteiger charge is -2.07. The van der Waals surface area contributed by atoms with Gasteiger partial charge in [-0.25, -0.2) is 9.18 Å². The topological polar surface area (TPSA) is 46.5 Å². The Kier molecular flexibility index (Phi) is 3.59. The van der Waals surface area contributed by atoms with Crippen molar-refractivity contribution in [3.05, 3.63) is 35.6 Å². The highest BCUT2D eigenvalue weighted by molar-refractivity contribution is 5.74. The van der Waals surface area contributed by atoms with Crippen molar-refractivity contribution < 1.29 is 19.0 Å². The molecule has 0 saturated carbocycles. The Hall–Kier alpha value is -1.42. The molecule has 0 aliphatic carbocycles. The van der Waals surface area contributed by atoms with E-state index in [4.69, 9.17) is 0 Å². The molecule has 1 aromatic rings. The molecule has 0 aliphatic rings. The zero-order valence-electron chi connectivity index (χ0n) is 7.74. The number of carbonyl (C=O) groups excluding carboxylic acids is 1. The summed E-state index contributed by atoms with van der Waals surface area (Å²) in [5, 5.41) is 9.27. The number of aliphatic hydroxyl groups excluding tert-OH is 1. The molecule has 0 fully saturated rings. The summed E-state index contributed by atoms with van der Waals surface area (Å²) in [5.41, 5.74) is 0.558. The minimum absolute atomic E-state index is 0.0600. The lowest BCUT2D eigenvalue weighted by Crippen LogP contribution is -2.24. The maximum absolute atomic E-state index is 12.7. The smallest absolute Gasteiger partial charge is 0.335 e. The normalized spacial score (nSPS) is 12.2. The fraction of sp³-hybridized carbons (Fsp3) is 0.300. The van der Waals surface area contributed by atoms with Crippen LogP contribution in [-0.2, 0) is 16.0 Å². The first-order valence-corrected chi connectivity index (χ1v) is 4.14. The van der Waals surface area contributed by atoms with E-state index in [1.165, 1.54) is 25.3 Å². The van der Waals surface area contributed by atoms with E-state index in [2.05, 4.69) is 4.74 Å². The van der Waals surface area contributed by atoms with Gasteiger partial charge in [0.05, 0.1) is 7.11 Å². The Labute approximate surface area is 81.1 Å². The molecule has 1 rings (SSSR count). The van der Waals surface area contributed by atoms with Gasteiger partial charge in [0.15, 0.2) is 6.10 Å². The van der Waals surface area contributed by atoms with Crippen LogP contribution in [0.2, 0.25) is 0 Å². The van der Waals surface area contributed by atoms with Crippen LogP contribution in [0, 0.1) is 5.82 Å². The van der Waals surface area contributed by atoms with Crippen LogP contribution in [0.4, 0.5) is 4.39 Å². The van der Waals surface area contributed by atoms with Crippen LogP contribution in [0.1, 0.15) is 5.56 Å². The summed E-state index contributed by atoms with van der Waals surface area (Å²) >= 11 is 0. The summed E-state index contributed by atoms with van der Waals surface area (Å²) in [6.45, 7) is 0. The number of halogens is 1. The van der Waals surface area contributed by atoms with Crippen LogP contribution in [0.3, 0.4) is 0 Å². The molecule has 0 aliphatic heterocycles. The summed E-state index contributed by atoms with van der Waals surface area (Å²) in [6, 6.07) is 5.73. The summed E-state index contributed by atoms with van der Waals surface area (Å²) in [4.78, 5) is 10.8. The fourth-order valence-corrected chi connectivity index (χ4v) is 1.11. The third-order valence-electron chi connectivity index (χ3n) is 1.79. The van der Waals surface area contributed by atoms with Gasteiger partial charge in [-0.15, -0.1) is 0 Å². The monoisotopic (exact) mass is 198 g/mol. The van der Waals surface area contributed by atoms with Crippen molar-refractivity contribution >= 4 is 5.97 Å². The number of ether oxygens (including phenoxy) is 1. The summed E-state index contributed by atoms with van der Waals surface area (Å²) < 4.78 is 17.0. The number of esters is 1. The first kappa shape index (κ1) is 10.7. The summed E-state index contributed by atoms with van der Waals surface area (Å²) in [7, 11) is 1.19. The number of rotatable bonds is 3. The van der Waals surface area contributed by atoms with Crippen molar-refractivity contribution in [3.8, 4) is 0 Å². The van der Waals surface area contributed by atoms with Crippen LogP contribution < -0.4 is 0 Å². The van der Waals surface area contributed by atoms with Gasteiger partial charge < -0.3 is 9.84 Å². The summed E-state index contributed by atoms with van der Waals surface area (Å²) in [6.07, 6.45) is -1.17. The highest BCUT2D eigenvalue weighted by Crippen LogP contribution is 2.07. The van der Waals surface area contributed by atoms with E-state index in [1.54, 1.807) is 6.07 Å². The fourth-order valence-electron chi connectivity index (χ4n) is 1.11. The predicted octanol–water partition coefficient (Wildman–Crippen LogP) is 0.902. The second-order valence-electron chi connectivity index (χ2n) is 2.87. The highest BCUT2D eigenvalue weighted by Gasteiger charge is 2.15. The van der Waals surface area contributed by atoms with E-state index in [9.17, 15) is 14.3 Å². The highest BCUT2D eigenvalue weighted by atomic mass is 19.1. The van der Waals surface area contributed by atoms with Crippen molar-refractivity contribution in [1.29, 1.82) is 0 Å². The number of benzene rings is 1. The first-order valence-electron chi connectivity index (χ1n) is 4.14. The third-order valence-corrected chi connectivity index (χ3v) is 1.79. The number of carbonyl (C=O) groups is 1. The second-order valence-corrected chi connectivity index (χ2v) is 2.87. The molecule has 76 valence electrons. The number of hydrogen-bond acceptors (Lipinski definition) is 3. The largest absolute Gasteiger partial charge is 0.467 e. The van der Waals surface area contributed by atoms with Crippen LogP contribution in [0.25, 0.3) is 0 Å². The zero-order chi connectivity index (χ0) is 10.6. The van der Waals surface area contributed by atoms with Crippen molar-refractivity contribution in [2.45, 2.75) is 12.5 Å². The van der Waals surface area contributed by atoms with Gasteiger partial charge in [0.25, 0.3) is 0 Å². The van der Waals surface area contributed by atoms with E-state index < -0.39 is 12.1 Å². The lowest BCUT2D eigenvalue weighted by atomic mass is 10.1. The van der Waals surface area contributed by atoms with Crippen molar-refractivity contribution in [2.75, 3.05) is 7.11 Å². The van der Waals surface area contributed by atoms with Crippen molar-refractivity contribution in [2.24, 2.45) is 0 Å². The SMILES string of the molecule is COC(=O)C(O)Cc1cccc(F)c1. The van der Waals surface area contributed by atoms with Gasteiger partial charge in [-0.2, -0.15) is 0 Å². The van der Waals surface area contributed by atoms with Gasteiger partial charge in [0, 0.05) is 6.42 Å². The maximum atomic E-state index is 12.7. The molecular formula is C10H11FO3. The van der Waals surface area contributed by atoms with Crippen molar-refractivity contribution in [1.82, 2.24) is 0 Å². The molecule has 1 N–H and O–H groups in total. The molecule has 0 aromatic heterocycles. The molecule has 1 aromatic carbocycles. The van der Waals surface area contributed by atoms with Crippen LogP contribution >= 0.6 is 0 Å². The van der Waals surface area contributed by atoms with Crippen LogP contribution in [0.5, 0.6) is 0 Å². The molecule has 0 saturated heterocycles. The first-order chi connectivity index (χ1) is 6.63. The minimum Gasteiger partial charge on any atom is -0.467 e. The number of methoxy groups -OCH3 is 1. The molecule has 0 heterocycles. The predicted molar refractivity (Wildman–Crippen MR) is 48.1 cm³/mol. The molecule has 1 unspecified atom stereocenters. The molecule has 0 spiro atoms. The number of aliphatic hydroxyl groups is 1. The Bertz CT molecular complexity index is 325. The molecule has 0 radical (unpaired) electrons. The Morgan fingerprint density at radius 2 is 2.36 bits per heavy atom. The Morgan fingerprint density at radius 3 is 2.93 bits per heavy atom. The molecule has 1 atom stereocenters. The molecule has 4 heteroatoms. The van der Waals surface area contributed by atoms with Gasteiger partial charge >= 0.3 is 5.97 Å². The van der Waals surface area contributed by atoms with Crippen molar-refractivity contribution in [3.63, 3.8) is 0 Å². The molecule has 3 nitrogen and oxygen atoms in total. The zero-order valence-corrected chi connectivity index (χ0v) is 7.74. The van der Waals surface area contributed by atoms with E-state index in [-0.39, 0.29) is 12.2 Å². The minimum atomic E-state index is -1.23. The van der Waals surface area contributed by atoms with Gasteiger partial charge in [-0.3, -0.25) is 0 Å². The Morgan fingerprint density at radius 1 is 1.64 bits per heavy atom. The Balaban J connectivity index is 2.64. The maximum Gasteiger partial charge on any atom is 0.335 e. The quantitative estimate of drug-likeness (QED) is 0.734. The second kappa shape index (κ2) is 4.72. The average Bonchev–Trinajstić information content (AvgIpc) is 2.16. The van der Waals surface area contributed by atoms with E-state index in [1.807, 2.05) is 0 Å². The van der Waals surface area contributed by atoms with E-state index in [0.717, 1.165) is 0 Å². The van der Waals surface area contributed by atoms with Gasteiger partial charge in [0.2, 0.25) is 0 Å². The van der Waals surface area contributed by atoms with Crippen LogP contribution in [-0.4, -0.2) is 24.3 Å². The number of hydrogen-bond donors (Lipinski definition) is 1. The average molecular weight is 198 g/mol. The van der Waals surface area contributed by atoms with Gasteiger partial charge in [-0.1, -0.05) is 12.1 Å². The van der Waals surface area contributed by atoms with Crippen LogP contribution in [0.15, 0.2) is 24.3 Å². The van der Waals surface area contributed by atoms with E-state index >= 15 is 0 Å². The van der Waals surface area contributed by atoms with E-state index in [0.29, 0.717) is 5.56 Å². The standard InChI is InChI=1S/C10H11FO3/c1-14-10(13)9(12)6-7-3-2-4-8(11)5-7/h2-5,9,12H,6H2,1H3. The summed E-state index contributed by atoms with van der Waals surface area (Å²) in [5.74, 6) is -1.10. The molecule has 14 heavy (non-hydrogen) atoms.